The molecule has 19 heavy (non-hydrogen) atoms. The molecule has 5 nitrogen and oxygen atoms in total. The van der Waals surface area contributed by atoms with Gasteiger partial charge >= 0.3 is 5.97 Å². The molecule has 1 aromatic carbocycles. The standard InChI is InChI=1S/C11H5BrClFN2O3/c12-6-3-5(14)4-7(13)10(6)16-2-1-8(17)9(15-16)11(18)19/h1-4H,(H,18,19). The van der Waals surface area contributed by atoms with Crippen molar-refractivity contribution in [3.05, 3.63) is 55.6 Å². The fourth-order valence-electron chi connectivity index (χ4n) is 1.43. The predicted octanol–water partition coefficient (Wildman–Crippen LogP) is 2.49. The largest absolute Gasteiger partial charge is 0.476 e. The highest BCUT2D eigenvalue weighted by atomic mass is 79.9. The summed E-state index contributed by atoms with van der Waals surface area (Å²) in [7, 11) is 0. The molecule has 0 aliphatic rings. The van der Waals surface area contributed by atoms with E-state index in [4.69, 9.17) is 16.7 Å². The third-order valence-corrected chi connectivity index (χ3v) is 3.11. The van der Waals surface area contributed by atoms with E-state index >= 15 is 0 Å². The van der Waals surface area contributed by atoms with E-state index < -0.39 is 22.9 Å². The van der Waals surface area contributed by atoms with Gasteiger partial charge in [-0.2, -0.15) is 5.10 Å². The Balaban J connectivity index is 2.70. The topological polar surface area (TPSA) is 72.2 Å². The lowest BCUT2D eigenvalue weighted by atomic mass is 10.3. The third-order valence-electron chi connectivity index (χ3n) is 2.22. The molecule has 1 N–H and O–H groups in total. The summed E-state index contributed by atoms with van der Waals surface area (Å²) >= 11 is 8.99. The highest BCUT2D eigenvalue weighted by Gasteiger charge is 2.15. The Labute approximate surface area is 119 Å². The van der Waals surface area contributed by atoms with Crippen molar-refractivity contribution in [2.75, 3.05) is 0 Å². The second kappa shape index (κ2) is 5.10. The van der Waals surface area contributed by atoms with Crippen LogP contribution in [0.1, 0.15) is 10.5 Å². The van der Waals surface area contributed by atoms with E-state index in [0.29, 0.717) is 0 Å². The van der Waals surface area contributed by atoms with Gasteiger partial charge in [0.25, 0.3) is 0 Å². The lowest BCUT2D eigenvalue weighted by Crippen LogP contribution is -2.20. The minimum atomic E-state index is -1.45. The number of hydrogen-bond acceptors (Lipinski definition) is 3. The molecule has 0 aliphatic heterocycles. The normalized spacial score (nSPS) is 10.5. The molecule has 0 saturated heterocycles. The lowest BCUT2D eigenvalue weighted by Gasteiger charge is -2.10. The van der Waals surface area contributed by atoms with Crippen molar-refractivity contribution in [2.24, 2.45) is 0 Å². The summed E-state index contributed by atoms with van der Waals surface area (Å²) in [6, 6.07) is 3.26. The maximum atomic E-state index is 13.1. The molecule has 0 spiro atoms. The molecule has 98 valence electrons. The van der Waals surface area contributed by atoms with Crippen molar-refractivity contribution in [3.8, 4) is 5.69 Å². The molecule has 1 aromatic heterocycles. The number of aromatic nitrogens is 2. The second-order valence-corrected chi connectivity index (χ2v) is 4.76. The zero-order valence-corrected chi connectivity index (χ0v) is 11.4. The predicted molar refractivity (Wildman–Crippen MR) is 69.5 cm³/mol. The summed E-state index contributed by atoms with van der Waals surface area (Å²) in [5, 5.41) is 12.5. The maximum absolute atomic E-state index is 13.1. The Kier molecular flexibility index (Phi) is 3.68. The fraction of sp³-hybridized carbons (Fsp3) is 0. The van der Waals surface area contributed by atoms with Crippen LogP contribution in [0.15, 0.2) is 33.7 Å². The third kappa shape index (κ3) is 2.66. The summed E-state index contributed by atoms with van der Waals surface area (Å²) < 4.78 is 14.5. The van der Waals surface area contributed by atoms with Crippen molar-refractivity contribution in [3.63, 3.8) is 0 Å². The zero-order valence-electron chi connectivity index (χ0n) is 9.10. The minimum Gasteiger partial charge on any atom is -0.476 e. The summed E-state index contributed by atoms with van der Waals surface area (Å²) in [6.07, 6.45) is 1.25. The van der Waals surface area contributed by atoms with E-state index in [1.807, 2.05) is 0 Å². The molecule has 2 aromatic rings. The van der Waals surface area contributed by atoms with E-state index in [0.717, 1.165) is 22.9 Å². The van der Waals surface area contributed by atoms with Gasteiger partial charge in [0.2, 0.25) is 11.1 Å². The van der Waals surface area contributed by atoms with Crippen molar-refractivity contribution in [2.45, 2.75) is 0 Å². The van der Waals surface area contributed by atoms with Crippen molar-refractivity contribution in [1.82, 2.24) is 9.78 Å². The first kappa shape index (κ1) is 13.7. The number of carbonyl (C=O) groups is 1. The second-order valence-electron chi connectivity index (χ2n) is 3.50. The quantitative estimate of drug-likeness (QED) is 0.906. The number of aromatic carboxylic acids is 1. The van der Waals surface area contributed by atoms with Gasteiger partial charge in [0.05, 0.1) is 10.7 Å². The summed E-state index contributed by atoms with van der Waals surface area (Å²) in [5.74, 6) is -2.01. The van der Waals surface area contributed by atoms with Gasteiger partial charge in [0.15, 0.2) is 0 Å². The van der Waals surface area contributed by atoms with Gasteiger partial charge in [0.1, 0.15) is 5.82 Å². The van der Waals surface area contributed by atoms with Crippen molar-refractivity contribution in [1.29, 1.82) is 0 Å². The first-order valence-corrected chi connectivity index (χ1v) is 6.05. The van der Waals surface area contributed by atoms with Gasteiger partial charge in [-0.3, -0.25) is 4.79 Å². The van der Waals surface area contributed by atoms with Crippen LogP contribution in [-0.2, 0) is 0 Å². The number of rotatable bonds is 2. The van der Waals surface area contributed by atoms with E-state index in [9.17, 15) is 14.0 Å². The molecule has 0 aliphatic carbocycles. The Morgan fingerprint density at radius 1 is 1.47 bits per heavy atom. The highest BCUT2D eigenvalue weighted by Crippen LogP contribution is 2.29. The van der Waals surface area contributed by atoms with Crippen LogP contribution in [0.25, 0.3) is 5.69 Å². The molecule has 0 amide bonds. The van der Waals surface area contributed by atoms with E-state index in [2.05, 4.69) is 21.0 Å². The summed E-state index contributed by atoms with van der Waals surface area (Å²) in [5.41, 5.74) is -1.13. The zero-order chi connectivity index (χ0) is 14.2. The van der Waals surface area contributed by atoms with Crippen molar-refractivity contribution >= 4 is 33.5 Å². The van der Waals surface area contributed by atoms with Gasteiger partial charge in [-0.25, -0.2) is 13.9 Å². The number of carboxylic acid groups (broad SMARTS) is 1. The van der Waals surface area contributed by atoms with Crippen LogP contribution >= 0.6 is 27.5 Å². The molecule has 0 unspecified atom stereocenters. The average Bonchev–Trinajstić information content (AvgIpc) is 2.29. The number of hydrogen-bond donors (Lipinski definition) is 1. The molecule has 1 heterocycles. The van der Waals surface area contributed by atoms with Gasteiger partial charge in [-0.05, 0) is 28.1 Å². The van der Waals surface area contributed by atoms with Crippen molar-refractivity contribution < 1.29 is 14.3 Å². The van der Waals surface area contributed by atoms with Gasteiger partial charge < -0.3 is 5.11 Å². The lowest BCUT2D eigenvalue weighted by molar-refractivity contribution is 0.0687. The Bertz CT molecular complexity index is 709. The van der Waals surface area contributed by atoms with E-state index in [-0.39, 0.29) is 15.2 Å². The van der Waals surface area contributed by atoms with Crippen LogP contribution in [0.4, 0.5) is 4.39 Å². The number of benzene rings is 1. The summed E-state index contributed by atoms with van der Waals surface area (Å²) in [4.78, 5) is 22.2. The smallest absolute Gasteiger partial charge is 0.360 e. The molecule has 0 bridgehead atoms. The van der Waals surface area contributed by atoms with Gasteiger partial charge in [0, 0.05) is 16.7 Å². The fourth-order valence-corrected chi connectivity index (χ4v) is 2.45. The van der Waals surface area contributed by atoms with E-state index in [1.165, 1.54) is 6.20 Å². The average molecular weight is 348 g/mol. The van der Waals surface area contributed by atoms with Crippen LogP contribution in [0, 0.1) is 5.82 Å². The first-order chi connectivity index (χ1) is 8.90. The Morgan fingerprint density at radius 2 is 2.16 bits per heavy atom. The molecular weight excluding hydrogens is 342 g/mol. The van der Waals surface area contributed by atoms with Crippen LogP contribution in [0.2, 0.25) is 5.02 Å². The first-order valence-electron chi connectivity index (χ1n) is 4.88. The molecule has 2 rings (SSSR count). The molecule has 0 atom stereocenters. The monoisotopic (exact) mass is 346 g/mol. The Hall–Kier alpha value is -1.73. The number of nitrogens with zero attached hydrogens (tertiary/aromatic N) is 2. The molecule has 0 fully saturated rings. The van der Waals surface area contributed by atoms with Crippen LogP contribution < -0.4 is 5.43 Å². The van der Waals surface area contributed by atoms with Gasteiger partial charge in [-0.15, -0.1) is 0 Å². The minimum absolute atomic E-state index is 0.0272. The number of halogens is 3. The van der Waals surface area contributed by atoms with Crippen LogP contribution in [0.5, 0.6) is 0 Å². The summed E-state index contributed by atoms with van der Waals surface area (Å²) in [6.45, 7) is 0. The number of carboxylic acids is 1. The molecular formula is C11H5BrClFN2O3. The van der Waals surface area contributed by atoms with E-state index in [1.54, 1.807) is 0 Å². The van der Waals surface area contributed by atoms with Crippen LogP contribution in [-0.4, -0.2) is 20.9 Å². The molecule has 0 radical (unpaired) electrons. The van der Waals surface area contributed by atoms with Gasteiger partial charge in [-0.1, -0.05) is 11.6 Å². The SMILES string of the molecule is O=C(O)c1nn(-c2c(Cl)cc(F)cc2Br)ccc1=O. The maximum Gasteiger partial charge on any atom is 0.360 e. The Morgan fingerprint density at radius 3 is 2.74 bits per heavy atom. The molecule has 0 saturated carbocycles. The molecule has 8 heteroatoms. The highest BCUT2D eigenvalue weighted by molar-refractivity contribution is 9.10. The van der Waals surface area contributed by atoms with Crippen LogP contribution in [0.3, 0.4) is 0 Å².